The van der Waals surface area contributed by atoms with Crippen molar-refractivity contribution in [3.05, 3.63) is 53.7 Å². The van der Waals surface area contributed by atoms with Gasteiger partial charge in [-0.15, -0.1) is 11.8 Å². The van der Waals surface area contributed by atoms with Crippen molar-refractivity contribution >= 4 is 17.3 Å². The van der Waals surface area contributed by atoms with Gasteiger partial charge in [-0.1, -0.05) is 57.7 Å². The van der Waals surface area contributed by atoms with Gasteiger partial charge in [-0.2, -0.15) is 0 Å². The van der Waals surface area contributed by atoms with E-state index in [0.717, 1.165) is 18.6 Å². The molecule has 1 unspecified atom stereocenters. The zero-order valence-electron chi connectivity index (χ0n) is 14.5. The minimum Gasteiger partial charge on any atom is -0.377 e. The van der Waals surface area contributed by atoms with Crippen molar-refractivity contribution in [3.63, 3.8) is 0 Å². The average molecular weight is 316 g/mol. The first-order chi connectivity index (χ1) is 10.3. The molecule has 1 aliphatic heterocycles. The third-order valence-electron chi connectivity index (χ3n) is 4.11. The molecular weight excluding hydrogens is 286 g/mol. The summed E-state index contributed by atoms with van der Waals surface area (Å²) in [6, 6.07) is 6.61. The zero-order valence-corrected chi connectivity index (χ0v) is 15.3. The van der Waals surface area contributed by atoms with Crippen LogP contribution in [-0.2, 0) is 12.2 Å². The van der Waals surface area contributed by atoms with Crippen molar-refractivity contribution in [1.29, 1.82) is 0 Å². The van der Waals surface area contributed by atoms with Crippen molar-refractivity contribution in [2.45, 2.75) is 58.1 Å². The van der Waals surface area contributed by atoms with E-state index in [1.165, 1.54) is 34.4 Å². The molecule has 120 valence electrons. The summed E-state index contributed by atoms with van der Waals surface area (Å²) in [5.74, 6) is 1.06. The summed E-state index contributed by atoms with van der Waals surface area (Å²) in [4.78, 5) is 0. The molecule has 2 heteroatoms. The standard InChI is InChI=1S/C20H29NS/c1-14(2)17-9-7-8-16-12-19(22-13-18(16)17)21-15(3)10-11-20(4,5)6/h7-9,19,21H,1,3,10-13H2,2,4-6H3. The Balaban J connectivity index is 1.97. The van der Waals surface area contributed by atoms with Crippen LogP contribution >= 0.6 is 11.8 Å². The first-order valence-electron chi connectivity index (χ1n) is 8.09. The van der Waals surface area contributed by atoms with Crippen molar-refractivity contribution in [2.75, 3.05) is 0 Å². The fourth-order valence-electron chi connectivity index (χ4n) is 2.76. The lowest BCUT2D eigenvalue weighted by Gasteiger charge is -2.29. The number of benzene rings is 1. The van der Waals surface area contributed by atoms with Gasteiger partial charge in [0.15, 0.2) is 0 Å². The molecule has 1 aromatic rings. The van der Waals surface area contributed by atoms with Gasteiger partial charge in [-0.3, -0.25) is 0 Å². The Morgan fingerprint density at radius 2 is 2.05 bits per heavy atom. The van der Waals surface area contributed by atoms with E-state index in [9.17, 15) is 0 Å². The molecule has 22 heavy (non-hydrogen) atoms. The first kappa shape index (κ1) is 17.2. The van der Waals surface area contributed by atoms with Crippen LogP contribution in [-0.4, -0.2) is 5.37 Å². The highest BCUT2D eigenvalue weighted by molar-refractivity contribution is 7.99. The number of fused-ring (bicyclic) bond motifs is 1. The van der Waals surface area contributed by atoms with Crippen LogP contribution in [0, 0.1) is 5.41 Å². The lowest BCUT2D eigenvalue weighted by atomic mass is 9.90. The number of hydrogen-bond acceptors (Lipinski definition) is 2. The molecule has 0 spiro atoms. The van der Waals surface area contributed by atoms with Crippen molar-refractivity contribution in [2.24, 2.45) is 5.41 Å². The summed E-state index contributed by atoms with van der Waals surface area (Å²) in [6.07, 6.45) is 3.29. The molecule has 0 amide bonds. The van der Waals surface area contributed by atoms with Crippen LogP contribution in [0.5, 0.6) is 0 Å². The van der Waals surface area contributed by atoms with E-state index in [-0.39, 0.29) is 0 Å². The molecular formula is C20H29NS. The molecule has 0 aliphatic carbocycles. The highest BCUT2D eigenvalue weighted by Crippen LogP contribution is 2.34. The van der Waals surface area contributed by atoms with Crippen LogP contribution < -0.4 is 5.32 Å². The second kappa shape index (κ2) is 6.95. The highest BCUT2D eigenvalue weighted by atomic mass is 32.2. The predicted molar refractivity (Wildman–Crippen MR) is 101 cm³/mol. The molecule has 1 atom stereocenters. The Morgan fingerprint density at radius 3 is 2.68 bits per heavy atom. The second-order valence-corrected chi connectivity index (χ2v) is 8.73. The van der Waals surface area contributed by atoms with Crippen LogP contribution in [0.25, 0.3) is 5.57 Å². The van der Waals surface area contributed by atoms with Gasteiger partial charge in [-0.05, 0) is 41.9 Å². The molecule has 0 radical (unpaired) electrons. The topological polar surface area (TPSA) is 12.0 Å². The zero-order chi connectivity index (χ0) is 16.3. The fraction of sp³-hybridized carbons (Fsp3) is 0.500. The molecule has 0 bridgehead atoms. The predicted octanol–water partition coefficient (Wildman–Crippen LogP) is 5.76. The molecule has 0 saturated heterocycles. The lowest BCUT2D eigenvalue weighted by molar-refractivity contribution is 0.373. The van der Waals surface area contributed by atoms with E-state index >= 15 is 0 Å². The number of allylic oxidation sites excluding steroid dienone is 2. The molecule has 1 nitrogen and oxygen atoms in total. The SMILES string of the molecule is C=C(CCC(C)(C)C)NC1Cc2cccc(C(=C)C)c2CS1. The fourth-order valence-corrected chi connectivity index (χ4v) is 4.01. The van der Waals surface area contributed by atoms with Gasteiger partial charge in [0, 0.05) is 17.9 Å². The summed E-state index contributed by atoms with van der Waals surface area (Å²) in [5, 5.41) is 4.07. The third kappa shape index (κ3) is 4.67. The maximum atomic E-state index is 4.22. The largest absolute Gasteiger partial charge is 0.377 e. The maximum absolute atomic E-state index is 4.22. The van der Waals surface area contributed by atoms with Crippen LogP contribution in [0.3, 0.4) is 0 Å². The van der Waals surface area contributed by atoms with Gasteiger partial charge in [0.25, 0.3) is 0 Å². The molecule has 0 aromatic heterocycles. The van der Waals surface area contributed by atoms with Gasteiger partial charge in [0.05, 0.1) is 5.37 Å². The minimum absolute atomic E-state index is 0.368. The van der Waals surface area contributed by atoms with Gasteiger partial charge in [-0.25, -0.2) is 0 Å². The van der Waals surface area contributed by atoms with Crippen LogP contribution in [0.1, 0.15) is 57.2 Å². The van der Waals surface area contributed by atoms with E-state index in [4.69, 9.17) is 0 Å². The molecule has 1 aliphatic rings. The number of thioether (sulfide) groups is 1. The minimum atomic E-state index is 0.368. The Bertz CT molecular complexity index is 566. The molecule has 1 N–H and O–H groups in total. The summed E-state index contributed by atoms with van der Waals surface area (Å²) in [5.41, 5.74) is 6.96. The molecule has 0 saturated carbocycles. The van der Waals surface area contributed by atoms with Crippen molar-refractivity contribution < 1.29 is 0 Å². The van der Waals surface area contributed by atoms with Crippen LogP contribution in [0.15, 0.2) is 37.1 Å². The number of rotatable bonds is 5. The molecule has 1 heterocycles. The van der Waals surface area contributed by atoms with Gasteiger partial charge < -0.3 is 5.32 Å². The second-order valence-electron chi connectivity index (χ2n) is 7.54. The molecule has 0 fully saturated rings. The number of hydrogen-bond donors (Lipinski definition) is 1. The highest BCUT2D eigenvalue weighted by Gasteiger charge is 2.21. The summed E-state index contributed by atoms with van der Waals surface area (Å²) >= 11 is 1.99. The average Bonchev–Trinajstić information content (AvgIpc) is 2.43. The quantitative estimate of drug-likeness (QED) is 0.741. The van der Waals surface area contributed by atoms with E-state index in [1.807, 2.05) is 11.8 Å². The van der Waals surface area contributed by atoms with Crippen molar-refractivity contribution in [1.82, 2.24) is 5.32 Å². The summed E-state index contributed by atoms with van der Waals surface area (Å²) in [7, 11) is 0. The van der Waals surface area contributed by atoms with Gasteiger partial charge in [0.1, 0.15) is 0 Å². The Hall–Kier alpha value is -1.15. The van der Waals surface area contributed by atoms with Gasteiger partial charge >= 0.3 is 0 Å². The van der Waals surface area contributed by atoms with Crippen LogP contribution in [0.2, 0.25) is 0 Å². The van der Waals surface area contributed by atoms with Crippen molar-refractivity contribution in [3.8, 4) is 0 Å². The molecule has 1 aromatic carbocycles. The Labute approximate surface area is 140 Å². The summed E-state index contributed by atoms with van der Waals surface area (Å²) in [6.45, 7) is 17.3. The Morgan fingerprint density at radius 1 is 1.32 bits per heavy atom. The van der Waals surface area contributed by atoms with Gasteiger partial charge in [0.2, 0.25) is 0 Å². The van der Waals surface area contributed by atoms with E-state index in [0.29, 0.717) is 10.8 Å². The first-order valence-corrected chi connectivity index (χ1v) is 9.14. The van der Waals surface area contributed by atoms with E-state index < -0.39 is 0 Å². The Kier molecular flexibility index (Phi) is 5.44. The molecule has 2 rings (SSSR count). The van der Waals surface area contributed by atoms with E-state index in [2.05, 4.69) is 64.4 Å². The monoisotopic (exact) mass is 315 g/mol. The number of nitrogens with one attached hydrogen (secondary N) is 1. The normalized spacial score (nSPS) is 17.7. The smallest absolute Gasteiger partial charge is 0.0763 e. The van der Waals surface area contributed by atoms with E-state index in [1.54, 1.807) is 0 Å². The summed E-state index contributed by atoms with van der Waals surface area (Å²) < 4.78 is 0. The maximum Gasteiger partial charge on any atom is 0.0763 e. The van der Waals surface area contributed by atoms with Crippen LogP contribution in [0.4, 0.5) is 0 Å². The lowest BCUT2D eigenvalue weighted by Crippen LogP contribution is -2.30. The third-order valence-corrected chi connectivity index (χ3v) is 5.25.